The highest BCUT2D eigenvalue weighted by molar-refractivity contribution is 5.80. The van der Waals surface area contributed by atoms with Crippen LogP contribution in [-0.4, -0.2) is 9.97 Å². The van der Waals surface area contributed by atoms with Gasteiger partial charge in [-0.3, -0.25) is 0 Å². The maximum absolute atomic E-state index is 13.7. The zero-order chi connectivity index (χ0) is 18.1. The molecule has 0 aliphatic heterocycles. The summed E-state index contributed by atoms with van der Waals surface area (Å²) in [6.07, 6.45) is 0. The fraction of sp³-hybridized carbons (Fsp3) is 0.0500. The van der Waals surface area contributed by atoms with Crippen LogP contribution in [0.15, 0.2) is 60.7 Å². The van der Waals surface area contributed by atoms with Crippen LogP contribution < -0.4 is 4.74 Å². The quantitative estimate of drug-likeness (QED) is 0.545. The molecule has 0 aliphatic rings. The van der Waals surface area contributed by atoms with E-state index in [0.29, 0.717) is 17.0 Å². The lowest BCUT2D eigenvalue weighted by Crippen LogP contribution is -1.99. The van der Waals surface area contributed by atoms with Gasteiger partial charge in [0.05, 0.1) is 16.6 Å². The zero-order valence-electron chi connectivity index (χ0n) is 13.5. The molecule has 0 atom stereocenters. The second-order valence-corrected chi connectivity index (χ2v) is 5.78. The van der Waals surface area contributed by atoms with Crippen molar-refractivity contribution in [2.45, 2.75) is 6.61 Å². The van der Waals surface area contributed by atoms with E-state index < -0.39 is 17.5 Å². The van der Waals surface area contributed by atoms with Gasteiger partial charge in [0.2, 0.25) is 0 Å². The van der Waals surface area contributed by atoms with E-state index in [4.69, 9.17) is 4.74 Å². The number of hydrogen-bond donors (Lipinski definition) is 1. The van der Waals surface area contributed by atoms with Crippen molar-refractivity contribution in [1.82, 2.24) is 9.97 Å². The van der Waals surface area contributed by atoms with Crippen LogP contribution in [0.3, 0.4) is 0 Å². The summed E-state index contributed by atoms with van der Waals surface area (Å²) in [7, 11) is 0. The molecule has 0 radical (unpaired) electrons. The average molecular weight is 354 g/mol. The van der Waals surface area contributed by atoms with Crippen LogP contribution in [0.25, 0.3) is 22.4 Å². The van der Waals surface area contributed by atoms with E-state index >= 15 is 0 Å². The molecule has 3 nitrogen and oxygen atoms in total. The number of hydrogen-bond acceptors (Lipinski definition) is 2. The topological polar surface area (TPSA) is 37.9 Å². The van der Waals surface area contributed by atoms with Crippen LogP contribution in [0.2, 0.25) is 0 Å². The minimum Gasteiger partial charge on any atom is -0.488 e. The Morgan fingerprint density at radius 1 is 0.885 bits per heavy atom. The Labute approximate surface area is 147 Å². The third kappa shape index (κ3) is 3.13. The van der Waals surface area contributed by atoms with Gasteiger partial charge in [0.25, 0.3) is 0 Å². The van der Waals surface area contributed by atoms with Gasteiger partial charge >= 0.3 is 0 Å². The zero-order valence-corrected chi connectivity index (χ0v) is 13.5. The van der Waals surface area contributed by atoms with Crippen molar-refractivity contribution in [3.63, 3.8) is 0 Å². The molecule has 0 bridgehead atoms. The standard InChI is InChI=1S/C20H13F3N2O/c21-13-6-7-14(20-24-17-3-1-2-4-18(17)25-20)19(10-13)26-11-12-5-8-15(22)16(23)9-12/h1-10H,11H2,(H,24,25). The van der Waals surface area contributed by atoms with Crippen molar-refractivity contribution in [3.05, 3.63) is 83.7 Å². The molecule has 1 N–H and O–H groups in total. The first-order valence-corrected chi connectivity index (χ1v) is 7.91. The predicted octanol–water partition coefficient (Wildman–Crippen LogP) is 5.23. The average Bonchev–Trinajstić information content (AvgIpc) is 3.06. The van der Waals surface area contributed by atoms with Crippen LogP contribution in [0, 0.1) is 17.5 Å². The second kappa shape index (κ2) is 6.55. The molecule has 26 heavy (non-hydrogen) atoms. The molecular weight excluding hydrogens is 341 g/mol. The molecule has 1 heterocycles. The van der Waals surface area contributed by atoms with Crippen molar-refractivity contribution >= 4 is 11.0 Å². The Kier molecular flexibility index (Phi) is 4.08. The summed E-state index contributed by atoms with van der Waals surface area (Å²) in [5.41, 5.74) is 2.63. The minimum atomic E-state index is -0.956. The summed E-state index contributed by atoms with van der Waals surface area (Å²) in [6.45, 7) is -0.0338. The number of imidazole rings is 1. The smallest absolute Gasteiger partial charge is 0.159 e. The monoisotopic (exact) mass is 354 g/mol. The molecule has 0 saturated heterocycles. The van der Waals surface area contributed by atoms with Crippen molar-refractivity contribution in [2.75, 3.05) is 0 Å². The number of rotatable bonds is 4. The highest BCUT2D eigenvalue weighted by atomic mass is 19.2. The van der Waals surface area contributed by atoms with Crippen molar-refractivity contribution in [3.8, 4) is 17.1 Å². The van der Waals surface area contributed by atoms with Gasteiger partial charge in [-0.1, -0.05) is 18.2 Å². The number of H-pyrrole nitrogens is 1. The van der Waals surface area contributed by atoms with Crippen molar-refractivity contribution in [2.24, 2.45) is 0 Å². The van der Waals surface area contributed by atoms with Gasteiger partial charge in [0.15, 0.2) is 11.6 Å². The number of fused-ring (bicyclic) bond motifs is 1. The van der Waals surface area contributed by atoms with Crippen LogP contribution in [0.4, 0.5) is 13.2 Å². The number of nitrogens with one attached hydrogen (secondary N) is 1. The van der Waals surface area contributed by atoms with E-state index in [1.165, 1.54) is 18.2 Å². The first kappa shape index (κ1) is 16.2. The molecule has 0 fully saturated rings. The maximum Gasteiger partial charge on any atom is 0.159 e. The first-order chi connectivity index (χ1) is 12.6. The van der Waals surface area contributed by atoms with Gasteiger partial charge in [0.1, 0.15) is 24.0 Å². The highest BCUT2D eigenvalue weighted by Crippen LogP contribution is 2.31. The molecule has 0 aliphatic carbocycles. The number of nitrogens with zero attached hydrogens (tertiary/aromatic N) is 1. The van der Waals surface area contributed by atoms with Gasteiger partial charge in [-0.25, -0.2) is 18.2 Å². The SMILES string of the molecule is Fc1ccc(-c2nc3ccccc3[nH]2)c(OCc2ccc(F)c(F)c2)c1. The maximum atomic E-state index is 13.7. The van der Waals surface area contributed by atoms with E-state index in [9.17, 15) is 13.2 Å². The molecule has 0 saturated carbocycles. The normalized spacial score (nSPS) is 11.0. The number of ether oxygens (including phenoxy) is 1. The summed E-state index contributed by atoms with van der Waals surface area (Å²) < 4.78 is 45.7. The van der Waals surface area contributed by atoms with E-state index in [0.717, 1.165) is 23.2 Å². The lowest BCUT2D eigenvalue weighted by atomic mass is 10.2. The van der Waals surface area contributed by atoms with Gasteiger partial charge < -0.3 is 9.72 Å². The molecule has 4 rings (SSSR count). The number of para-hydroxylation sites is 2. The van der Waals surface area contributed by atoms with Crippen LogP contribution in [0.1, 0.15) is 5.56 Å². The molecular formula is C20H13F3N2O. The van der Waals surface area contributed by atoms with E-state index in [2.05, 4.69) is 9.97 Å². The predicted molar refractivity (Wildman–Crippen MR) is 92.2 cm³/mol. The van der Waals surface area contributed by atoms with E-state index in [1.807, 2.05) is 24.3 Å². The Hall–Kier alpha value is -3.28. The van der Waals surface area contributed by atoms with E-state index in [1.54, 1.807) is 6.07 Å². The lowest BCUT2D eigenvalue weighted by Gasteiger charge is -2.11. The number of aromatic nitrogens is 2. The largest absolute Gasteiger partial charge is 0.488 e. The Morgan fingerprint density at radius 3 is 2.54 bits per heavy atom. The minimum absolute atomic E-state index is 0.0338. The van der Waals surface area contributed by atoms with Crippen molar-refractivity contribution < 1.29 is 17.9 Å². The van der Waals surface area contributed by atoms with Crippen LogP contribution in [0.5, 0.6) is 5.75 Å². The first-order valence-electron chi connectivity index (χ1n) is 7.91. The van der Waals surface area contributed by atoms with Crippen LogP contribution >= 0.6 is 0 Å². The fourth-order valence-corrected chi connectivity index (χ4v) is 2.68. The summed E-state index contributed by atoms with van der Waals surface area (Å²) in [5, 5.41) is 0. The lowest BCUT2D eigenvalue weighted by molar-refractivity contribution is 0.304. The Bertz CT molecular complexity index is 1060. The Balaban J connectivity index is 1.67. The third-order valence-electron chi connectivity index (χ3n) is 3.97. The molecule has 130 valence electrons. The third-order valence-corrected chi connectivity index (χ3v) is 3.97. The summed E-state index contributed by atoms with van der Waals surface area (Å²) >= 11 is 0. The summed E-state index contributed by atoms with van der Waals surface area (Å²) in [4.78, 5) is 7.65. The fourth-order valence-electron chi connectivity index (χ4n) is 2.68. The van der Waals surface area contributed by atoms with Gasteiger partial charge in [0, 0.05) is 6.07 Å². The van der Waals surface area contributed by atoms with Crippen molar-refractivity contribution in [1.29, 1.82) is 0 Å². The summed E-state index contributed by atoms with van der Waals surface area (Å²) in [6, 6.07) is 15.1. The molecule has 4 aromatic rings. The van der Waals surface area contributed by atoms with Gasteiger partial charge in [-0.2, -0.15) is 0 Å². The molecule has 0 amide bonds. The second-order valence-electron chi connectivity index (χ2n) is 5.78. The Morgan fingerprint density at radius 2 is 1.73 bits per heavy atom. The number of halogens is 3. The number of benzene rings is 3. The molecule has 1 aromatic heterocycles. The van der Waals surface area contributed by atoms with E-state index in [-0.39, 0.29) is 12.4 Å². The van der Waals surface area contributed by atoms with Gasteiger partial charge in [-0.15, -0.1) is 0 Å². The molecule has 0 spiro atoms. The molecule has 6 heteroatoms. The summed E-state index contributed by atoms with van der Waals surface area (Å²) in [5.74, 6) is -1.56. The van der Waals surface area contributed by atoms with Crippen LogP contribution in [-0.2, 0) is 6.61 Å². The molecule has 3 aromatic carbocycles. The van der Waals surface area contributed by atoms with Gasteiger partial charge in [-0.05, 0) is 42.0 Å². The highest BCUT2D eigenvalue weighted by Gasteiger charge is 2.13. The molecule has 0 unspecified atom stereocenters. The number of aromatic amines is 1.